The van der Waals surface area contributed by atoms with Crippen LogP contribution >= 0.6 is 0 Å². The number of ether oxygens (including phenoxy) is 1. The number of carbonyl (C=O) groups excluding carboxylic acids is 1. The second-order valence-electron chi connectivity index (χ2n) is 5.62. The first-order chi connectivity index (χ1) is 10.6. The molecule has 3 N–H and O–H groups in total. The molecule has 120 valence electrons. The number of amides is 1. The summed E-state index contributed by atoms with van der Waals surface area (Å²) in [7, 11) is 0. The predicted octanol–water partition coefficient (Wildman–Crippen LogP) is 1.84. The van der Waals surface area contributed by atoms with Crippen LogP contribution < -0.4 is 5.32 Å². The Morgan fingerprint density at radius 3 is 2.82 bits per heavy atom. The molecule has 0 saturated heterocycles. The van der Waals surface area contributed by atoms with Gasteiger partial charge in [0.15, 0.2) is 0 Å². The van der Waals surface area contributed by atoms with Gasteiger partial charge in [0.25, 0.3) is 0 Å². The molecule has 2 rings (SSSR count). The van der Waals surface area contributed by atoms with E-state index in [4.69, 9.17) is 9.84 Å². The van der Waals surface area contributed by atoms with Crippen LogP contribution in [0.5, 0.6) is 5.75 Å². The summed E-state index contributed by atoms with van der Waals surface area (Å²) in [5.41, 5.74) is 2.17. The first-order valence-corrected chi connectivity index (χ1v) is 7.58. The summed E-state index contributed by atoms with van der Waals surface area (Å²) < 4.78 is 5.74. The monoisotopic (exact) mass is 305 g/mol. The Labute approximate surface area is 130 Å². The van der Waals surface area contributed by atoms with E-state index >= 15 is 0 Å². The maximum Gasteiger partial charge on any atom is 0.222 e. The summed E-state index contributed by atoms with van der Waals surface area (Å²) in [5.74, 6) is 0.127. The molecule has 5 heteroatoms. The number of nitrogens with one attached hydrogen (secondary N) is 1. The number of hydrogen-bond acceptors (Lipinski definition) is 4. The fourth-order valence-electron chi connectivity index (χ4n) is 2.48. The number of aromatic hydroxyl groups is 1. The summed E-state index contributed by atoms with van der Waals surface area (Å²) in [6.07, 6.45) is 3.70. The maximum atomic E-state index is 11.9. The molecule has 2 atom stereocenters. The Morgan fingerprint density at radius 1 is 1.41 bits per heavy atom. The van der Waals surface area contributed by atoms with Gasteiger partial charge < -0.3 is 20.3 Å². The average Bonchev–Trinajstić information content (AvgIpc) is 2.73. The summed E-state index contributed by atoms with van der Waals surface area (Å²) in [5, 5.41) is 21.1. The van der Waals surface area contributed by atoms with Gasteiger partial charge in [-0.15, -0.1) is 0 Å². The second kappa shape index (κ2) is 7.96. The van der Waals surface area contributed by atoms with Gasteiger partial charge in [0.1, 0.15) is 5.75 Å². The molecule has 0 radical (unpaired) electrons. The minimum absolute atomic E-state index is 0.0735. The molecule has 5 nitrogen and oxygen atoms in total. The highest BCUT2D eigenvalue weighted by atomic mass is 16.5. The van der Waals surface area contributed by atoms with Crippen molar-refractivity contribution in [2.75, 3.05) is 13.2 Å². The predicted molar refractivity (Wildman–Crippen MR) is 84.4 cm³/mol. The zero-order chi connectivity index (χ0) is 15.9. The molecule has 1 aliphatic rings. The van der Waals surface area contributed by atoms with Crippen molar-refractivity contribution in [2.45, 2.75) is 38.3 Å². The van der Waals surface area contributed by atoms with Crippen LogP contribution in [-0.4, -0.2) is 41.5 Å². The Morgan fingerprint density at radius 2 is 2.14 bits per heavy atom. The number of aliphatic hydroxyl groups excluding tert-OH is 1. The fraction of sp³-hybridized carbons (Fsp3) is 0.471. The Balaban J connectivity index is 1.98. The Kier molecular flexibility index (Phi) is 5.98. The standard InChI is InChI=1S/C17H23NO4/c1-12(11-19)18-17(21)10-16-9-14(3-2-8-22-16)13-4-6-15(20)7-5-13/h3-7,12,16,19-20H,2,8-11H2,1H3,(H,18,21). The fourth-order valence-corrected chi connectivity index (χ4v) is 2.48. The molecule has 1 heterocycles. The lowest BCUT2D eigenvalue weighted by Crippen LogP contribution is -2.37. The van der Waals surface area contributed by atoms with Gasteiger partial charge in [-0.1, -0.05) is 18.2 Å². The highest BCUT2D eigenvalue weighted by molar-refractivity contribution is 5.77. The number of phenols is 1. The Hall–Kier alpha value is -1.85. The first kappa shape index (κ1) is 16.5. The number of benzene rings is 1. The van der Waals surface area contributed by atoms with Crippen molar-refractivity contribution in [3.63, 3.8) is 0 Å². The van der Waals surface area contributed by atoms with Crippen molar-refractivity contribution >= 4 is 11.5 Å². The van der Waals surface area contributed by atoms with Gasteiger partial charge in [0, 0.05) is 6.04 Å². The van der Waals surface area contributed by atoms with E-state index in [1.54, 1.807) is 19.1 Å². The SMILES string of the molecule is CC(CO)NC(=O)CC1CC(c2ccc(O)cc2)=CCCO1. The molecule has 22 heavy (non-hydrogen) atoms. The van der Waals surface area contributed by atoms with Crippen LogP contribution in [0.1, 0.15) is 31.7 Å². The summed E-state index contributed by atoms with van der Waals surface area (Å²) >= 11 is 0. The number of phenolic OH excluding ortho intramolecular Hbond substituents is 1. The molecule has 0 aromatic heterocycles. The van der Waals surface area contributed by atoms with E-state index < -0.39 is 0 Å². The quantitative estimate of drug-likeness (QED) is 0.775. The lowest BCUT2D eigenvalue weighted by Gasteiger charge is -2.18. The van der Waals surface area contributed by atoms with Crippen molar-refractivity contribution in [1.29, 1.82) is 0 Å². The molecule has 0 fully saturated rings. The average molecular weight is 305 g/mol. The van der Waals surface area contributed by atoms with Gasteiger partial charge >= 0.3 is 0 Å². The van der Waals surface area contributed by atoms with E-state index in [9.17, 15) is 9.90 Å². The van der Waals surface area contributed by atoms with E-state index in [1.807, 2.05) is 12.1 Å². The van der Waals surface area contributed by atoms with Crippen molar-refractivity contribution in [2.24, 2.45) is 0 Å². The van der Waals surface area contributed by atoms with Crippen molar-refractivity contribution in [3.8, 4) is 5.75 Å². The Bertz CT molecular complexity index is 524. The number of carbonyl (C=O) groups is 1. The van der Waals surface area contributed by atoms with Crippen molar-refractivity contribution < 1.29 is 19.7 Å². The van der Waals surface area contributed by atoms with E-state index in [2.05, 4.69) is 11.4 Å². The summed E-state index contributed by atoms with van der Waals surface area (Å²) in [4.78, 5) is 11.9. The molecule has 0 spiro atoms. The summed E-state index contributed by atoms with van der Waals surface area (Å²) in [6, 6.07) is 6.82. The molecule has 1 aliphatic heterocycles. The normalized spacial score (nSPS) is 19.9. The smallest absolute Gasteiger partial charge is 0.222 e. The van der Waals surface area contributed by atoms with Crippen LogP contribution in [-0.2, 0) is 9.53 Å². The topological polar surface area (TPSA) is 78.8 Å². The van der Waals surface area contributed by atoms with Crippen LogP contribution in [0.2, 0.25) is 0 Å². The zero-order valence-electron chi connectivity index (χ0n) is 12.8. The van der Waals surface area contributed by atoms with Gasteiger partial charge in [0.2, 0.25) is 5.91 Å². The molecule has 0 aliphatic carbocycles. The third-order valence-electron chi connectivity index (χ3n) is 3.64. The van der Waals surface area contributed by atoms with Crippen LogP contribution in [0.4, 0.5) is 0 Å². The maximum absolute atomic E-state index is 11.9. The zero-order valence-corrected chi connectivity index (χ0v) is 12.8. The van der Waals surface area contributed by atoms with Crippen molar-refractivity contribution in [1.82, 2.24) is 5.32 Å². The molecular weight excluding hydrogens is 282 g/mol. The third kappa shape index (κ3) is 4.86. The van der Waals surface area contributed by atoms with Gasteiger partial charge in [-0.25, -0.2) is 0 Å². The molecule has 0 bridgehead atoms. The molecule has 1 aromatic rings. The molecule has 0 saturated carbocycles. The minimum atomic E-state index is -0.245. The van der Waals surface area contributed by atoms with E-state index in [0.29, 0.717) is 13.0 Å². The van der Waals surface area contributed by atoms with E-state index in [1.165, 1.54) is 0 Å². The van der Waals surface area contributed by atoms with E-state index in [0.717, 1.165) is 17.6 Å². The third-order valence-corrected chi connectivity index (χ3v) is 3.64. The van der Waals surface area contributed by atoms with Crippen LogP contribution in [0.25, 0.3) is 5.57 Å². The number of rotatable bonds is 5. The van der Waals surface area contributed by atoms with Gasteiger partial charge in [-0.05, 0) is 43.0 Å². The van der Waals surface area contributed by atoms with E-state index in [-0.39, 0.29) is 36.8 Å². The van der Waals surface area contributed by atoms with Crippen LogP contribution in [0.3, 0.4) is 0 Å². The highest BCUT2D eigenvalue weighted by Gasteiger charge is 2.20. The van der Waals surface area contributed by atoms with Crippen LogP contribution in [0, 0.1) is 0 Å². The molecular formula is C17H23NO4. The number of hydrogen-bond donors (Lipinski definition) is 3. The highest BCUT2D eigenvalue weighted by Crippen LogP contribution is 2.27. The van der Waals surface area contributed by atoms with Crippen LogP contribution in [0.15, 0.2) is 30.3 Å². The first-order valence-electron chi connectivity index (χ1n) is 7.58. The van der Waals surface area contributed by atoms with Crippen molar-refractivity contribution in [3.05, 3.63) is 35.9 Å². The molecule has 1 aromatic carbocycles. The van der Waals surface area contributed by atoms with Gasteiger partial charge in [-0.3, -0.25) is 4.79 Å². The summed E-state index contributed by atoms with van der Waals surface area (Å²) in [6.45, 7) is 2.28. The minimum Gasteiger partial charge on any atom is -0.508 e. The second-order valence-corrected chi connectivity index (χ2v) is 5.62. The van der Waals surface area contributed by atoms with Gasteiger partial charge in [0.05, 0.1) is 25.7 Å². The number of aliphatic hydroxyl groups is 1. The van der Waals surface area contributed by atoms with Gasteiger partial charge in [-0.2, -0.15) is 0 Å². The molecule has 1 amide bonds. The lowest BCUT2D eigenvalue weighted by atomic mass is 9.98. The lowest BCUT2D eigenvalue weighted by molar-refractivity contribution is -0.124. The molecule has 2 unspecified atom stereocenters. The largest absolute Gasteiger partial charge is 0.508 e.